The van der Waals surface area contributed by atoms with Crippen LogP contribution in [0.1, 0.15) is 26.2 Å². The van der Waals surface area contributed by atoms with Crippen LogP contribution in [0.3, 0.4) is 0 Å². The number of carbonyl (C=O) groups excluding carboxylic acids is 2. The maximum atomic E-state index is 12.3. The fraction of sp³-hybridized carbons (Fsp3) is 0.778. The van der Waals surface area contributed by atoms with Crippen molar-refractivity contribution in [3.05, 3.63) is 0 Å². The van der Waals surface area contributed by atoms with E-state index in [1.54, 1.807) is 0 Å². The minimum absolute atomic E-state index is 0.0228. The normalized spacial score (nSPS) is 15.1. The van der Waals surface area contributed by atoms with Gasteiger partial charge in [0.1, 0.15) is 0 Å². The van der Waals surface area contributed by atoms with Crippen LogP contribution >= 0.6 is 0 Å². The molecule has 1 atom stereocenters. The quantitative estimate of drug-likeness (QED) is 0.584. The third-order valence-electron chi connectivity index (χ3n) is 2.20. The van der Waals surface area contributed by atoms with E-state index in [0.717, 1.165) is 0 Å². The summed E-state index contributed by atoms with van der Waals surface area (Å²) in [5.74, 6) is -1.78. The van der Waals surface area contributed by atoms with Crippen LogP contribution in [0, 0.1) is 0 Å². The second kappa shape index (κ2) is 5.85. The largest absolute Gasteiger partial charge is 0.415 e. The first kappa shape index (κ1) is 15.7. The fourth-order valence-electron chi connectivity index (χ4n) is 0.938. The number of rotatable bonds is 6. The molecule has 0 bridgehead atoms. The number of carbonyl (C=O) groups is 2. The SMILES string of the molecule is CC(N)(C(=O)NCCCCC(N)=O)C(F)(F)F. The van der Waals surface area contributed by atoms with Crippen molar-refractivity contribution >= 4 is 11.8 Å². The van der Waals surface area contributed by atoms with Gasteiger partial charge in [-0.1, -0.05) is 0 Å². The second-order valence-electron chi connectivity index (χ2n) is 3.88. The average molecular weight is 255 g/mol. The molecule has 0 aromatic carbocycles. The van der Waals surface area contributed by atoms with Gasteiger partial charge in [0.05, 0.1) is 0 Å². The molecule has 100 valence electrons. The van der Waals surface area contributed by atoms with E-state index in [1.807, 2.05) is 0 Å². The van der Waals surface area contributed by atoms with Crippen molar-refractivity contribution in [3.63, 3.8) is 0 Å². The molecule has 0 aromatic rings. The number of halogens is 3. The molecular formula is C9H16F3N3O2. The Bertz CT molecular complexity index is 290. The fourth-order valence-corrected chi connectivity index (χ4v) is 0.938. The third kappa shape index (κ3) is 5.03. The molecule has 0 spiro atoms. The summed E-state index contributed by atoms with van der Waals surface area (Å²) in [5, 5.41) is 2.07. The summed E-state index contributed by atoms with van der Waals surface area (Å²) in [6, 6.07) is 0. The van der Waals surface area contributed by atoms with Crippen molar-refractivity contribution in [1.82, 2.24) is 5.32 Å². The molecule has 8 heteroatoms. The van der Waals surface area contributed by atoms with Crippen LogP contribution in [0.4, 0.5) is 13.2 Å². The maximum absolute atomic E-state index is 12.3. The van der Waals surface area contributed by atoms with Gasteiger partial charge in [-0.3, -0.25) is 9.59 Å². The minimum Gasteiger partial charge on any atom is -0.370 e. The molecule has 2 amide bonds. The average Bonchev–Trinajstić information content (AvgIpc) is 2.14. The van der Waals surface area contributed by atoms with E-state index in [1.165, 1.54) is 0 Å². The molecule has 0 radical (unpaired) electrons. The van der Waals surface area contributed by atoms with E-state index in [0.29, 0.717) is 19.8 Å². The van der Waals surface area contributed by atoms with Gasteiger partial charge in [0.2, 0.25) is 11.8 Å². The molecule has 5 nitrogen and oxygen atoms in total. The number of hydrogen-bond donors (Lipinski definition) is 3. The van der Waals surface area contributed by atoms with Crippen molar-refractivity contribution < 1.29 is 22.8 Å². The molecule has 0 rings (SSSR count). The van der Waals surface area contributed by atoms with E-state index in [9.17, 15) is 22.8 Å². The highest BCUT2D eigenvalue weighted by Gasteiger charge is 2.53. The van der Waals surface area contributed by atoms with Crippen molar-refractivity contribution in [1.29, 1.82) is 0 Å². The Morgan fingerprint density at radius 3 is 2.18 bits per heavy atom. The number of nitrogens with one attached hydrogen (secondary N) is 1. The standard InChI is InChI=1S/C9H16F3N3O2/c1-8(14,9(10,11)12)7(17)15-5-3-2-4-6(13)16/h2-5,14H2,1H3,(H2,13,16)(H,15,17). The maximum Gasteiger partial charge on any atom is 0.415 e. The van der Waals surface area contributed by atoms with Crippen LogP contribution in [0.5, 0.6) is 0 Å². The highest BCUT2D eigenvalue weighted by Crippen LogP contribution is 2.27. The summed E-state index contributed by atoms with van der Waals surface area (Å²) < 4.78 is 37.0. The number of alkyl halides is 3. The first-order chi connectivity index (χ1) is 7.59. The number of nitrogens with two attached hydrogens (primary N) is 2. The first-order valence-electron chi connectivity index (χ1n) is 5.01. The van der Waals surface area contributed by atoms with E-state index < -0.39 is 23.5 Å². The van der Waals surface area contributed by atoms with Gasteiger partial charge in [-0.15, -0.1) is 0 Å². The first-order valence-corrected chi connectivity index (χ1v) is 5.01. The molecule has 0 aliphatic carbocycles. The van der Waals surface area contributed by atoms with Gasteiger partial charge in [-0.25, -0.2) is 0 Å². The van der Waals surface area contributed by atoms with Crippen LogP contribution in [0.2, 0.25) is 0 Å². The third-order valence-corrected chi connectivity index (χ3v) is 2.20. The van der Waals surface area contributed by atoms with Gasteiger partial charge in [0, 0.05) is 13.0 Å². The van der Waals surface area contributed by atoms with Crippen LogP contribution in [0.15, 0.2) is 0 Å². The predicted molar refractivity (Wildman–Crippen MR) is 54.7 cm³/mol. The topological polar surface area (TPSA) is 98.2 Å². The molecule has 17 heavy (non-hydrogen) atoms. The Balaban J connectivity index is 3.99. The monoisotopic (exact) mass is 255 g/mol. The molecule has 0 saturated heterocycles. The van der Waals surface area contributed by atoms with Crippen LogP contribution in [-0.2, 0) is 9.59 Å². The molecule has 0 fully saturated rings. The number of unbranched alkanes of at least 4 members (excludes halogenated alkanes) is 1. The molecule has 0 aliphatic heterocycles. The Hall–Kier alpha value is -1.31. The van der Waals surface area contributed by atoms with E-state index in [-0.39, 0.29) is 13.0 Å². The van der Waals surface area contributed by atoms with Gasteiger partial charge in [-0.05, 0) is 19.8 Å². The lowest BCUT2D eigenvalue weighted by Crippen LogP contribution is -2.61. The molecule has 1 unspecified atom stereocenters. The summed E-state index contributed by atoms with van der Waals surface area (Å²) >= 11 is 0. The Labute approximate surface area is 96.7 Å². The molecule has 0 aromatic heterocycles. The summed E-state index contributed by atoms with van der Waals surface area (Å²) in [5.41, 5.74) is 6.85. The summed E-state index contributed by atoms with van der Waals surface area (Å²) in [6.45, 7) is 0.626. The van der Waals surface area contributed by atoms with Gasteiger partial charge in [-0.2, -0.15) is 13.2 Å². The summed E-state index contributed by atoms with van der Waals surface area (Å²) in [7, 11) is 0. The van der Waals surface area contributed by atoms with Crippen LogP contribution in [0.25, 0.3) is 0 Å². The lowest BCUT2D eigenvalue weighted by Gasteiger charge is -2.26. The zero-order valence-electron chi connectivity index (χ0n) is 9.43. The Kier molecular flexibility index (Phi) is 5.40. The summed E-state index contributed by atoms with van der Waals surface area (Å²) in [4.78, 5) is 21.5. The zero-order chi connectivity index (χ0) is 13.7. The Morgan fingerprint density at radius 2 is 1.76 bits per heavy atom. The Morgan fingerprint density at radius 1 is 1.24 bits per heavy atom. The van der Waals surface area contributed by atoms with Crippen molar-refractivity contribution in [2.24, 2.45) is 11.5 Å². The highest BCUT2D eigenvalue weighted by molar-refractivity contribution is 5.86. The minimum atomic E-state index is -4.80. The number of amides is 2. The molecule has 0 saturated carbocycles. The van der Waals surface area contributed by atoms with E-state index in [2.05, 4.69) is 5.32 Å². The van der Waals surface area contributed by atoms with Gasteiger partial charge < -0.3 is 16.8 Å². The summed E-state index contributed by atoms with van der Waals surface area (Å²) in [6.07, 6.45) is -3.90. The lowest BCUT2D eigenvalue weighted by atomic mass is 10.0. The molecular weight excluding hydrogens is 239 g/mol. The van der Waals surface area contributed by atoms with E-state index >= 15 is 0 Å². The lowest BCUT2D eigenvalue weighted by molar-refractivity contribution is -0.187. The van der Waals surface area contributed by atoms with Crippen molar-refractivity contribution in [2.75, 3.05) is 6.54 Å². The van der Waals surface area contributed by atoms with Crippen LogP contribution in [-0.4, -0.2) is 30.1 Å². The molecule has 0 heterocycles. The predicted octanol–water partition coefficient (Wildman–Crippen LogP) is 0.0379. The smallest absolute Gasteiger partial charge is 0.370 e. The zero-order valence-corrected chi connectivity index (χ0v) is 9.43. The van der Waals surface area contributed by atoms with Crippen LogP contribution < -0.4 is 16.8 Å². The van der Waals surface area contributed by atoms with Crippen molar-refractivity contribution in [3.8, 4) is 0 Å². The molecule has 5 N–H and O–H groups in total. The van der Waals surface area contributed by atoms with Gasteiger partial charge in [0.15, 0.2) is 5.54 Å². The number of hydrogen-bond acceptors (Lipinski definition) is 3. The highest BCUT2D eigenvalue weighted by atomic mass is 19.4. The van der Waals surface area contributed by atoms with Gasteiger partial charge in [0.25, 0.3) is 0 Å². The van der Waals surface area contributed by atoms with Gasteiger partial charge >= 0.3 is 6.18 Å². The van der Waals surface area contributed by atoms with E-state index in [4.69, 9.17) is 11.5 Å². The van der Waals surface area contributed by atoms with Crippen molar-refractivity contribution in [2.45, 2.75) is 37.9 Å². The number of primary amides is 1. The molecule has 0 aliphatic rings. The second-order valence-corrected chi connectivity index (χ2v) is 3.88.